The Kier molecular flexibility index (Phi) is 3.33. The molecule has 1 aliphatic heterocycles. The minimum atomic E-state index is 0.826. The van der Waals surface area contributed by atoms with Crippen LogP contribution in [0.15, 0.2) is 36.7 Å². The van der Waals surface area contributed by atoms with E-state index in [1.807, 2.05) is 6.07 Å². The molecular weight excluding hydrogens is 298 g/mol. The maximum atomic E-state index is 4.94. The summed E-state index contributed by atoms with van der Waals surface area (Å²) in [6.45, 7) is 3.35. The smallest absolute Gasteiger partial charge is 0.111 e. The molecule has 3 aromatic rings. The zero-order chi connectivity index (χ0) is 15.9. The van der Waals surface area contributed by atoms with Gasteiger partial charge in [-0.05, 0) is 36.6 Å². The lowest BCUT2D eigenvalue weighted by Gasteiger charge is -2.36. The molecule has 0 unspecified atom stereocenters. The van der Waals surface area contributed by atoms with Crippen LogP contribution in [-0.4, -0.2) is 43.8 Å². The monoisotopic (exact) mass is 319 g/mol. The molecule has 0 N–H and O–H groups in total. The van der Waals surface area contributed by atoms with Crippen molar-refractivity contribution in [3.63, 3.8) is 0 Å². The summed E-state index contributed by atoms with van der Waals surface area (Å²) in [5.74, 6) is 1.23. The number of fused-ring (bicyclic) bond motifs is 3. The van der Waals surface area contributed by atoms with Crippen molar-refractivity contribution in [2.45, 2.75) is 38.3 Å². The van der Waals surface area contributed by atoms with Crippen LogP contribution in [0.5, 0.6) is 0 Å². The van der Waals surface area contributed by atoms with Gasteiger partial charge in [-0.15, -0.1) is 0 Å². The molecule has 1 saturated carbocycles. The van der Waals surface area contributed by atoms with Crippen molar-refractivity contribution in [3.05, 3.63) is 42.5 Å². The van der Waals surface area contributed by atoms with Crippen LogP contribution < -0.4 is 0 Å². The summed E-state index contributed by atoms with van der Waals surface area (Å²) < 4.78 is 2.42. The molecule has 3 heterocycles. The third kappa shape index (κ3) is 2.31. The second-order valence-corrected chi connectivity index (χ2v) is 6.88. The number of aromatic nitrogens is 4. The summed E-state index contributed by atoms with van der Waals surface area (Å²) in [6.07, 6.45) is 8.76. The molecule has 5 nitrogen and oxygen atoms in total. The number of hydrogen-bond acceptors (Lipinski definition) is 4. The SMILES string of the molecule is c1cc(-c2ccc3c(c2)nc2n3CCN(C3CCC3)CC2)cnn1. The molecule has 0 bridgehead atoms. The Hall–Kier alpha value is -2.27. The average molecular weight is 319 g/mol. The van der Waals surface area contributed by atoms with Crippen LogP contribution in [0.2, 0.25) is 0 Å². The van der Waals surface area contributed by atoms with Crippen LogP contribution >= 0.6 is 0 Å². The standard InChI is InChI=1S/C19H21N5/c1-2-16(3-1)23-9-7-19-22-17-12-14(15-6-8-20-21-13-15)4-5-18(17)24(19)11-10-23/h4-6,8,12-13,16H,1-3,7,9-11H2. The zero-order valence-corrected chi connectivity index (χ0v) is 13.7. The van der Waals surface area contributed by atoms with E-state index in [-0.39, 0.29) is 0 Å². The second kappa shape index (κ2) is 5.67. The molecule has 0 saturated heterocycles. The van der Waals surface area contributed by atoms with Gasteiger partial charge >= 0.3 is 0 Å². The normalized spacial score (nSPS) is 19.0. The highest BCUT2D eigenvalue weighted by molar-refractivity contribution is 5.82. The Balaban J connectivity index is 1.48. The van der Waals surface area contributed by atoms with Crippen molar-refractivity contribution in [3.8, 4) is 11.1 Å². The number of benzene rings is 1. The highest BCUT2D eigenvalue weighted by Crippen LogP contribution is 2.28. The fourth-order valence-corrected chi connectivity index (χ4v) is 3.96. The van der Waals surface area contributed by atoms with Gasteiger partial charge in [0, 0.05) is 37.7 Å². The average Bonchev–Trinajstić information content (AvgIpc) is 2.81. The van der Waals surface area contributed by atoms with E-state index in [0.29, 0.717) is 0 Å². The third-order valence-electron chi connectivity index (χ3n) is 5.57. The zero-order valence-electron chi connectivity index (χ0n) is 13.7. The maximum absolute atomic E-state index is 4.94. The summed E-state index contributed by atoms with van der Waals surface area (Å²) in [4.78, 5) is 7.60. The van der Waals surface area contributed by atoms with Gasteiger partial charge in [0.05, 0.1) is 23.4 Å². The summed E-state index contributed by atoms with van der Waals surface area (Å²) in [5, 5.41) is 7.83. The van der Waals surface area contributed by atoms with E-state index in [1.165, 1.54) is 30.6 Å². The molecule has 0 amide bonds. The minimum Gasteiger partial charge on any atom is -0.327 e. The summed E-state index contributed by atoms with van der Waals surface area (Å²) in [5.41, 5.74) is 4.59. The summed E-state index contributed by atoms with van der Waals surface area (Å²) in [6, 6.07) is 9.37. The lowest BCUT2D eigenvalue weighted by Crippen LogP contribution is -2.41. The van der Waals surface area contributed by atoms with Crippen molar-refractivity contribution in [2.75, 3.05) is 13.1 Å². The first-order chi connectivity index (χ1) is 11.9. The maximum Gasteiger partial charge on any atom is 0.111 e. The molecule has 5 heteroatoms. The first kappa shape index (κ1) is 14.1. The number of rotatable bonds is 2. The molecule has 0 atom stereocenters. The van der Waals surface area contributed by atoms with Crippen LogP contribution in [0, 0.1) is 0 Å². The molecule has 2 aliphatic rings. The van der Waals surface area contributed by atoms with Crippen LogP contribution in [0.3, 0.4) is 0 Å². The van der Waals surface area contributed by atoms with Gasteiger partial charge in [0.15, 0.2) is 0 Å². The predicted octanol–water partition coefficient (Wildman–Crippen LogP) is 2.90. The van der Waals surface area contributed by atoms with Crippen molar-refractivity contribution in [2.24, 2.45) is 0 Å². The topological polar surface area (TPSA) is 46.8 Å². The van der Waals surface area contributed by atoms with Crippen LogP contribution in [0.25, 0.3) is 22.2 Å². The van der Waals surface area contributed by atoms with E-state index < -0.39 is 0 Å². The van der Waals surface area contributed by atoms with Gasteiger partial charge in [0.1, 0.15) is 5.82 Å². The van der Waals surface area contributed by atoms with Gasteiger partial charge in [-0.25, -0.2) is 4.98 Å². The molecule has 0 radical (unpaired) electrons. The molecule has 24 heavy (non-hydrogen) atoms. The molecule has 122 valence electrons. The van der Waals surface area contributed by atoms with Crippen molar-refractivity contribution < 1.29 is 0 Å². The second-order valence-electron chi connectivity index (χ2n) is 6.88. The lowest BCUT2D eigenvalue weighted by molar-refractivity contribution is 0.130. The van der Waals surface area contributed by atoms with E-state index in [1.54, 1.807) is 12.4 Å². The van der Waals surface area contributed by atoms with Gasteiger partial charge in [0.25, 0.3) is 0 Å². The molecule has 2 aromatic heterocycles. The lowest BCUT2D eigenvalue weighted by atomic mass is 9.91. The first-order valence-corrected chi connectivity index (χ1v) is 8.89. The van der Waals surface area contributed by atoms with E-state index in [0.717, 1.165) is 48.7 Å². The van der Waals surface area contributed by atoms with Crippen molar-refractivity contribution in [1.29, 1.82) is 0 Å². The van der Waals surface area contributed by atoms with E-state index in [4.69, 9.17) is 4.98 Å². The van der Waals surface area contributed by atoms with Gasteiger partial charge in [-0.3, -0.25) is 4.90 Å². The number of hydrogen-bond donors (Lipinski definition) is 0. The van der Waals surface area contributed by atoms with E-state index >= 15 is 0 Å². The molecular formula is C19H21N5. The fourth-order valence-electron chi connectivity index (χ4n) is 3.96. The third-order valence-corrected chi connectivity index (χ3v) is 5.57. The largest absolute Gasteiger partial charge is 0.327 e. The van der Waals surface area contributed by atoms with Gasteiger partial charge in [-0.1, -0.05) is 12.5 Å². The van der Waals surface area contributed by atoms with Crippen molar-refractivity contribution in [1.82, 2.24) is 24.6 Å². The van der Waals surface area contributed by atoms with Crippen molar-refractivity contribution >= 4 is 11.0 Å². The van der Waals surface area contributed by atoms with Gasteiger partial charge in [0.2, 0.25) is 0 Å². The summed E-state index contributed by atoms with van der Waals surface area (Å²) >= 11 is 0. The van der Waals surface area contributed by atoms with Gasteiger partial charge < -0.3 is 4.57 Å². The Morgan fingerprint density at radius 1 is 0.958 bits per heavy atom. The summed E-state index contributed by atoms with van der Waals surface area (Å²) in [7, 11) is 0. The highest BCUT2D eigenvalue weighted by Gasteiger charge is 2.27. The van der Waals surface area contributed by atoms with Gasteiger partial charge in [-0.2, -0.15) is 10.2 Å². The molecule has 5 rings (SSSR count). The van der Waals surface area contributed by atoms with Crippen LogP contribution in [0.4, 0.5) is 0 Å². The number of nitrogens with zero attached hydrogens (tertiary/aromatic N) is 5. The highest BCUT2D eigenvalue weighted by atomic mass is 15.2. The fraction of sp³-hybridized carbons (Fsp3) is 0.421. The van der Waals surface area contributed by atoms with Crippen LogP contribution in [0.1, 0.15) is 25.1 Å². The van der Waals surface area contributed by atoms with Crippen LogP contribution in [-0.2, 0) is 13.0 Å². The molecule has 1 fully saturated rings. The Labute approximate surface area is 141 Å². The first-order valence-electron chi connectivity index (χ1n) is 8.89. The van der Waals surface area contributed by atoms with E-state index in [2.05, 4.69) is 37.9 Å². The molecule has 0 spiro atoms. The predicted molar refractivity (Wildman–Crippen MR) is 93.7 cm³/mol. The quantitative estimate of drug-likeness (QED) is 0.729. The molecule has 1 aliphatic carbocycles. The van der Waals surface area contributed by atoms with E-state index in [9.17, 15) is 0 Å². The molecule has 1 aromatic carbocycles. The Morgan fingerprint density at radius 3 is 2.71 bits per heavy atom. The Morgan fingerprint density at radius 2 is 1.92 bits per heavy atom. The minimum absolute atomic E-state index is 0.826. The number of imidazole rings is 1. The Bertz CT molecular complexity index is 866.